The number of ketones is 1. The van der Waals surface area contributed by atoms with Gasteiger partial charge in [0.05, 0.1) is 0 Å². The fraction of sp³-hybridized carbons (Fsp3) is 0.800. The summed E-state index contributed by atoms with van der Waals surface area (Å²) in [6.45, 7) is 5.32. The molecule has 1 atom stereocenters. The van der Waals surface area contributed by atoms with Crippen molar-refractivity contribution in [3.8, 4) is 0 Å². The summed E-state index contributed by atoms with van der Waals surface area (Å²) in [6, 6.07) is 0. The van der Waals surface area contributed by atoms with Gasteiger partial charge in [0.2, 0.25) is 11.4 Å². The summed E-state index contributed by atoms with van der Waals surface area (Å²) < 4.78 is 9.98. The zero-order chi connectivity index (χ0) is 11.9. The predicted octanol–water partition coefficient (Wildman–Crippen LogP) is -0.322. The van der Waals surface area contributed by atoms with Crippen LogP contribution in [0.1, 0.15) is 27.2 Å². The summed E-state index contributed by atoms with van der Waals surface area (Å²) in [5.74, 6) is -1.79. The zero-order valence-corrected chi connectivity index (χ0v) is 9.41. The molecule has 0 saturated carbocycles. The van der Waals surface area contributed by atoms with Crippen molar-refractivity contribution in [3.63, 3.8) is 0 Å². The van der Waals surface area contributed by atoms with E-state index in [0.717, 1.165) is 0 Å². The van der Waals surface area contributed by atoms with E-state index in [2.05, 4.69) is 0 Å². The van der Waals surface area contributed by atoms with Crippen LogP contribution in [-0.2, 0) is 19.1 Å². The maximum atomic E-state index is 11.7. The Labute approximate surface area is 106 Å². The molecule has 0 aliphatic carbocycles. The molecule has 0 aromatic heterocycles. The standard InChI is InChI=1S/C10H18O5.Al.3H/c1-4-10(9(12)13,15-6-3)8(11)7-14-5-2;;;;/h4-7H2,1-3H3,(H,12,13);;;;. The number of carbonyl (C=O) groups excluding carboxylic acids is 1. The Morgan fingerprint density at radius 1 is 1.19 bits per heavy atom. The van der Waals surface area contributed by atoms with Crippen LogP contribution in [0.4, 0.5) is 0 Å². The Hall–Kier alpha value is -0.408. The summed E-state index contributed by atoms with van der Waals surface area (Å²) in [5, 5.41) is 9.02. The van der Waals surface area contributed by atoms with Crippen molar-refractivity contribution in [2.45, 2.75) is 32.8 Å². The summed E-state index contributed by atoms with van der Waals surface area (Å²) >= 11 is 0. The lowest BCUT2D eigenvalue weighted by atomic mass is 9.95. The van der Waals surface area contributed by atoms with Crippen LogP contribution in [0.2, 0.25) is 0 Å². The Kier molecular flexibility index (Phi) is 9.78. The Balaban J connectivity index is 0. The average Bonchev–Trinajstić information content (AvgIpc) is 2.22. The van der Waals surface area contributed by atoms with Gasteiger partial charge in [-0.1, -0.05) is 6.92 Å². The van der Waals surface area contributed by atoms with E-state index in [1.54, 1.807) is 20.8 Å². The molecule has 1 N–H and O–H groups in total. The van der Waals surface area contributed by atoms with Crippen molar-refractivity contribution in [2.75, 3.05) is 19.8 Å². The van der Waals surface area contributed by atoms with Crippen molar-refractivity contribution in [1.82, 2.24) is 0 Å². The highest BCUT2D eigenvalue weighted by molar-refractivity contribution is 6.07. The molecule has 0 aromatic carbocycles. The lowest BCUT2D eigenvalue weighted by molar-refractivity contribution is -0.174. The largest absolute Gasteiger partial charge is 0.479 e. The van der Waals surface area contributed by atoms with Gasteiger partial charge in [0, 0.05) is 13.2 Å². The molecule has 16 heavy (non-hydrogen) atoms. The minimum Gasteiger partial charge on any atom is -0.479 e. The fourth-order valence-corrected chi connectivity index (χ4v) is 1.27. The highest BCUT2D eigenvalue weighted by Gasteiger charge is 2.45. The van der Waals surface area contributed by atoms with E-state index in [0.29, 0.717) is 6.61 Å². The number of hydrogen-bond acceptors (Lipinski definition) is 4. The third-order valence-electron chi connectivity index (χ3n) is 2.12. The number of carbonyl (C=O) groups is 2. The molecular weight excluding hydrogens is 227 g/mol. The molecule has 0 spiro atoms. The maximum absolute atomic E-state index is 11.7. The zero-order valence-electron chi connectivity index (χ0n) is 9.41. The van der Waals surface area contributed by atoms with Gasteiger partial charge in [-0.2, -0.15) is 0 Å². The Morgan fingerprint density at radius 3 is 2.06 bits per heavy atom. The first-order valence-electron chi connectivity index (χ1n) is 5.03. The second kappa shape index (κ2) is 8.71. The summed E-state index contributed by atoms with van der Waals surface area (Å²) in [6.07, 6.45) is 0.0993. The lowest BCUT2D eigenvalue weighted by Crippen LogP contribution is -2.50. The molecule has 0 saturated heterocycles. The number of carboxylic acids is 1. The van der Waals surface area contributed by atoms with Gasteiger partial charge in [-0.05, 0) is 20.3 Å². The molecule has 5 nitrogen and oxygen atoms in total. The first kappa shape index (κ1) is 18.0. The minimum atomic E-state index is -1.75. The molecule has 0 amide bonds. The maximum Gasteiger partial charge on any atom is 0.343 e. The van der Waals surface area contributed by atoms with Crippen LogP contribution in [0.15, 0.2) is 0 Å². The Morgan fingerprint density at radius 2 is 1.75 bits per heavy atom. The molecule has 0 aromatic rings. The van der Waals surface area contributed by atoms with Crippen LogP contribution in [0, 0.1) is 0 Å². The predicted molar refractivity (Wildman–Crippen MR) is 63.7 cm³/mol. The van der Waals surface area contributed by atoms with Gasteiger partial charge in [-0.25, -0.2) is 4.79 Å². The van der Waals surface area contributed by atoms with Gasteiger partial charge in [-0.3, -0.25) is 4.79 Å². The molecule has 0 rings (SSSR count). The Bertz CT molecular complexity index is 231. The topological polar surface area (TPSA) is 72.8 Å². The molecule has 0 heterocycles. The van der Waals surface area contributed by atoms with E-state index in [1.165, 1.54) is 0 Å². The minimum absolute atomic E-state index is 0. The van der Waals surface area contributed by atoms with Gasteiger partial charge in [0.1, 0.15) is 6.61 Å². The van der Waals surface area contributed by atoms with Gasteiger partial charge in [0.15, 0.2) is 17.4 Å². The van der Waals surface area contributed by atoms with Gasteiger partial charge in [0.25, 0.3) is 0 Å². The van der Waals surface area contributed by atoms with Crippen LogP contribution in [0.3, 0.4) is 0 Å². The third kappa shape index (κ3) is 4.22. The number of hydrogen-bond donors (Lipinski definition) is 1. The average molecular weight is 248 g/mol. The van der Waals surface area contributed by atoms with Crippen molar-refractivity contribution >= 4 is 29.1 Å². The van der Waals surface area contributed by atoms with Crippen LogP contribution >= 0.6 is 0 Å². The second-order valence-electron chi connectivity index (χ2n) is 2.98. The summed E-state index contributed by atoms with van der Waals surface area (Å²) in [5.41, 5.74) is -1.75. The highest BCUT2D eigenvalue weighted by Crippen LogP contribution is 2.18. The number of carboxylic acid groups (broad SMARTS) is 1. The van der Waals surface area contributed by atoms with Gasteiger partial charge in [-0.15, -0.1) is 0 Å². The van der Waals surface area contributed by atoms with Crippen molar-refractivity contribution in [2.24, 2.45) is 0 Å². The van der Waals surface area contributed by atoms with Gasteiger partial charge >= 0.3 is 5.97 Å². The molecule has 94 valence electrons. The van der Waals surface area contributed by atoms with Crippen LogP contribution in [0.5, 0.6) is 0 Å². The quantitative estimate of drug-likeness (QED) is 0.470. The third-order valence-corrected chi connectivity index (χ3v) is 2.12. The number of rotatable bonds is 8. The summed E-state index contributed by atoms with van der Waals surface area (Å²) in [4.78, 5) is 22.7. The number of Topliss-reactive ketones (excluding diaryl/α,β-unsaturated/α-hetero) is 1. The van der Waals surface area contributed by atoms with E-state index in [-0.39, 0.29) is 37.0 Å². The lowest BCUT2D eigenvalue weighted by Gasteiger charge is -2.26. The van der Waals surface area contributed by atoms with Gasteiger partial charge < -0.3 is 14.6 Å². The molecule has 0 radical (unpaired) electrons. The normalized spacial score (nSPS) is 13.7. The molecular formula is C10H21AlO5. The van der Waals surface area contributed by atoms with Crippen molar-refractivity contribution in [1.29, 1.82) is 0 Å². The first-order valence-corrected chi connectivity index (χ1v) is 5.03. The molecule has 0 fully saturated rings. The molecule has 1 unspecified atom stereocenters. The van der Waals surface area contributed by atoms with E-state index in [4.69, 9.17) is 14.6 Å². The van der Waals surface area contributed by atoms with Crippen molar-refractivity contribution < 1.29 is 24.2 Å². The molecule has 0 aliphatic rings. The van der Waals surface area contributed by atoms with E-state index in [1.807, 2.05) is 0 Å². The van der Waals surface area contributed by atoms with E-state index in [9.17, 15) is 9.59 Å². The SMILES string of the molecule is CCOCC(=O)C(CC)(OCC)C(=O)O.[AlH3]. The summed E-state index contributed by atoms with van der Waals surface area (Å²) in [7, 11) is 0. The van der Waals surface area contributed by atoms with E-state index < -0.39 is 17.4 Å². The van der Waals surface area contributed by atoms with Crippen LogP contribution in [-0.4, -0.2) is 59.6 Å². The fourth-order valence-electron chi connectivity index (χ4n) is 1.27. The molecule has 0 bridgehead atoms. The van der Waals surface area contributed by atoms with E-state index >= 15 is 0 Å². The highest BCUT2D eigenvalue weighted by atomic mass is 27.0. The first-order chi connectivity index (χ1) is 7.05. The number of aliphatic carboxylic acids is 1. The van der Waals surface area contributed by atoms with Crippen LogP contribution < -0.4 is 0 Å². The second-order valence-corrected chi connectivity index (χ2v) is 2.98. The van der Waals surface area contributed by atoms with Crippen molar-refractivity contribution in [3.05, 3.63) is 0 Å². The number of ether oxygens (including phenoxy) is 2. The molecule has 6 heteroatoms. The molecule has 0 aliphatic heterocycles. The monoisotopic (exact) mass is 248 g/mol. The van der Waals surface area contributed by atoms with Crippen LogP contribution in [0.25, 0.3) is 0 Å². The smallest absolute Gasteiger partial charge is 0.343 e.